The third-order valence-electron chi connectivity index (χ3n) is 2.37. The summed E-state index contributed by atoms with van der Waals surface area (Å²) in [4.78, 5) is 2.30. The molecule has 1 aliphatic heterocycles. The van der Waals surface area contributed by atoms with Crippen molar-refractivity contribution in [3.63, 3.8) is 0 Å². The van der Waals surface area contributed by atoms with Gasteiger partial charge in [-0.15, -0.1) is 11.6 Å². The largest absolute Gasteiger partial charge is 0.468 e. The van der Waals surface area contributed by atoms with E-state index in [4.69, 9.17) is 20.8 Å². The van der Waals surface area contributed by atoms with Crippen LogP contribution in [0.25, 0.3) is 0 Å². The molecule has 0 bridgehead atoms. The van der Waals surface area contributed by atoms with Gasteiger partial charge < -0.3 is 9.15 Å². The van der Waals surface area contributed by atoms with Crippen molar-refractivity contribution < 1.29 is 9.15 Å². The van der Waals surface area contributed by atoms with Gasteiger partial charge in [-0.3, -0.25) is 4.90 Å². The maximum absolute atomic E-state index is 6.20. The van der Waals surface area contributed by atoms with Crippen LogP contribution in [0.1, 0.15) is 11.1 Å². The van der Waals surface area contributed by atoms with Crippen molar-refractivity contribution in [2.24, 2.45) is 0 Å². The van der Waals surface area contributed by atoms with Crippen LogP contribution in [0.15, 0.2) is 22.8 Å². The molecule has 1 unspecified atom stereocenters. The van der Waals surface area contributed by atoms with Crippen molar-refractivity contribution in [3.05, 3.63) is 24.2 Å². The van der Waals surface area contributed by atoms with Crippen molar-refractivity contribution in [1.82, 2.24) is 4.90 Å². The Hall–Kier alpha value is -0.510. The first-order valence-corrected chi connectivity index (χ1v) is 5.27. The predicted octanol–water partition coefficient (Wildman–Crippen LogP) is 1.89. The molecule has 1 aromatic rings. The fourth-order valence-electron chi connectivity index (χ4n) is 1.57. The van der Waals surface area contributed by atoms with E-state index in [1.165, 1.54) is 0 Å². The first-order chi connectivity index (χ1) is 6.86. The van der Waals surface area contributed by atoms with Gasteiger partial charge in [0, 0.05) is 19.6 Å². The molecule has 14 heavy (non-hydrogen) atoms. The highest BCUT2D eigenvalue weighted by Gasteiger charge is 2.17. The van der Waals surface area contributed by atoms with E-state index in [-0.39, 0.29) is 5.38 Å². The van der Waals surface area contributed by atoms with Crippen molar-refractivity contribution >= 4 is 11.6 Å². The van der Waals surface area contributed by atoms with E-state index in [1.807, 2.05) is 12.1 Å². The van der Waals surface area contributed by atoms with Gasteiger partial charge in [-0.1, -0.05) is 0 Å². The Labute approximate surface area is 88.6 Å². The van der Waals surface area contributed by atoms with Gasteiger partial charge >= 0.3 is 0 Å². The van der Waals surface area contributed by atoms with Crippen LogP contribution in [0.2, 0.25) is 0 Å². The third-order valence-corrected chi connectivity index (χ3v) is 2.73. The number of alkyl halides is 1. The predicted molar refractivity (Wildman–Crippen MR) is 54.6 cm³/mol. The van der Waals surface area contributed by atoms with E-state index in [2.05, 4.69) is 4.90 Å². The number of ether oxygens (including phenoxy) is 1. The molecule has 3 nitrogen and oxygen atoms in total. The Morgan fingerprint density at radius 3 is 2.86 bits per heavy atom. The molecule has 1 aliphatic rings. The molecule has 1 saturated heterocycles. The summed E-state index contributed by atoms with van der Waals surface area (Å²) in [6.07, 6.45) is 1.66. The molecular weight excluding hydrogens is 202 g/mol. The van der Waals surface area contributed by atoms with Crippen LogP contribution in [0.5, 0.6) is 0 Å². The molecule has 1 aromatic heterocycles. The second-order valence-corrected chi connectivity index (χ2v) is 3.92. The van der Waals surface area contributed by atoms with E-state index in [0.29, 0.717) is 0 Å². The Balaban J connectivity index is 1.84. The average molecular weight is 216 g/mol. The Bertz CT molecular complexity index is 257. The maximum atomic E-state index is 6.20. The van der Waals surface area contributed by atoms with Gasteiger partial charge in [0.1, 0.15) is 11.1 Å². The monoisotopic (exact) mass is 215 g/mol. The topological polar surface area (TPSA) is 25.6 Å². The highest BCUT2D eigenvalue weighted by Crippen LogP contribution is 2.22. The molecule has 78 valence electrons. The fraction of sp³-hybridized carbons (Fsp3) is 0.600. The van der Waals surface area contributed by atoms with E-state index in [9.17, 15) is 0 Å². The minimum atomic E-state index is -0.0527. The van der Waals surface area contributed by atoms with E-state index >= 15 is 0 Å². The van der Waals surface area contributed by atoms with E-state index in [0.717, 1.165) is 38.6 Å². The summed E-state index contributed by atoms with van der Waals surface area (Å²) in [5.74, 6) is 0.846. The Morgan fingerprint density at radius 2 is 2.21 bits per heavy atom. The van der Waals surface area contributed by atoms with Crippen molar-refractivity contribution in [3.8, 4) is 0 Å². The van der Waals surface area contributed by atoms with Crippen LogP contribution in [0.3, 0.4) is 0 Å². The summed E-state index contributed by atoms with van der Waals surface area (Å²) in [7, 11) is 0. The smallest absolute Gasteiger partial charge is 0.122 e. The average Bonchev–Trinajstić information content (AvgIpc) is 2.72. The number of hydrogen-bond acceptors (Lipinski definition) is 3. The van der Waals surface area contributed by atoms with Gasteiger partial charge in [0.15, 0.2) is 0 Å². The second kappa shape index (κ2) is 4.82. The van der Waals surface area contributed by atoms with Gasteiger partial charge in [0.2, 0.25) is 0 Å². The minimum absolute atomic E-state index is 0.0527. The van der Waals surface area contributed by atoms with Crippen LogP contribution in [-0.2, 0) is 4.74 Å². The van der Waals surface area contributed by atoms with Gasteiger partial charge in [-0.25, -0.2) is 0 Å². The lowest BCUT2D eigenvalue weighted by atomic mass is 10.3. The van der Waals surface area contributed by atoms with Crippen molar-refractivity contribution in [1.29, 1.82) is 0 Å². The first-order valence-electron chi connectivity index (χ1n) is 4.84. The second-order valence-electron chi connectivity index (χ2n) is 3.40. The van der Waals surface area contributed by atoms with Crippen molar-refractivity contribution in [2.75, 3.05) is 32.8 Å². The zero-order valence-electron chi connectivity index (χ0n) is 7.99. The van der Waals surface area contributed by atoms with E-state index in [1.54, 1.807) is 6.26 Å². The summed E-state index contributed by atoms with van der Waals surface area (Å²) < 4.78 is 10.5. The summed E-state index contributed by atoms with van der Waals surface area (Å²) in [6.45, 7) is 4.37. The van der Waals surface area contributed by atoms with Crippen molar-refractivity contribution in [2.45, 2.75) is 5.38 Å². The number of rotatable bonds is 3. The van der Waals surface area contributed by atoms with E-state index < -0.39 is 0 Å². The maximum Gasteiger partial charge on any atom is 0.122 e. The zero-order valence-corrected chi connectivity index (χ0v) is 8.74. The van der Waals surface area contributed by atoms with Gasteiger partial charge in [0.05, 0.1) is 19.5 Å². The van der Waals surface area contributed by atoms with Gasteiger partial charge in [0.25, 0.3) is 0 Å². The van der Waals surface area contributed by atoms with Crippen LogP contribution < -0.4 is 0 Å². The fourth-order valence-corrected chi connectivity index (χ4v) is 1.89. The lowest BCUT2D eigenvalue weighted by molar-refractivity contribution is 0.0372. The number of halogens is 1. The zero-order chi connectivity index (χ0) is 9.80. The summed E-state index contributed by atoms with van der Waals surface area (Å²) in [5.41, 5.74) is 0. The quantitative estimate of drug-likeness (QED) is 0.721. The standard InChI is InChI=1S/C10H14ClNO2/c11-9(10-2-1-5-14-10)8-12-3-6-13-7-4-12/h1-2,5,9H,3-4,6-8H2. The van der Waals surface area contributed by atoms with Gasteiger partial charge in [-0.05, 0) is 12.1 Å². The Morgan fingerprint density at radius 1 is 1.43 bits per heavy atom. The summed E-state index contributed by atoms with van der Waals surface area (Å²) in [6, 6.07) is 3.78. The molecule has 4 heteroatoms. The molecule has 1 atom stereocenters. The molecule has 0 spiro atoms. The molecule has 0 radical (unpaired) electrons. The molecule has 0 amide bonds. The summed E-state index contributed by atoms with van der Waals surface area (Å²) in [5, 5.41) is -0.0527. The lowest BCUT2D eigenvalue weighted by Gasteiger charge is -2.27. The minimum Gasteiger partial charge on any atom is -0.468 e. The lowest BCUT2D eigenvalue weighted by Crippen LogP contribution is -2.38. The van der Waals surface area contributed by atoms with Crippen LogP contribution in [0, 0.1) is 0 Å². The first kappa shape index (κ1) is 10.0. The molecule has 1 fully saturated rings. The van der Waals surface area contributed by atoms with Crippen LogP contribution >= 0.6 is 11.6 Å². The Kier molecular flexibility index (Phi) is 3.45. The number of morpholine rings is 1. The molecular formula is C10H14ClNO2. The third kappa shape index (κ3) is 2.50. The van der Waals surface area contributed by atoms with Gasteiger partial charge in [-0.2, -0.15) is 0 Å². The van der Waals surface area contributed by atoms with Crippen LogP contribution in [-0.4, -0.2) is 37.7 Å². The SMILES string of the molecule is ClC(CN1CCOCC1)c1ccco1. The number of nitrogens with zero attached hydrogens (tertiary/aromatic N) is 1. The molecule has 2 rings (SSSR count). The van der Waals surface area contributed by atoms with Crippen LogP contribution in [0.4, 0.5) is 0 Å². The molecule has 0 saturated carbocycles. The summed E-state index contributed by atoms with van der Waals surface area (Å²) >= 11 is 6.20. The molecule has 0 aromatic carbocycles. The highest BCUT2D eigenvalue weighted by atomic mass is 35.5. The molecule has 2 heterocycles. The normalized spacial score (nSPS) is 20.9. The number of hydrogen-bond donors (Lipinski definition) is 0. The molecule has 0 aliphatic carbocycles. The molecule has 0 N–H and O–H groups in total. The highest BCUT2D eigenvalue weighted by molar-refractivity contribution is 6.20. The number of furan rings is 1.